The van der Waals surface area contributed by atoms with E-state index < -0.39 is 11.0 Å². The smallest absolute Gasteiger partial charge is 0.250 e. The second-order valence-electron chi connectivity index (χ2n) is 8.54. The molecule has 5 heteroatoms. The van der Waals surface area contributed by atoms with Crippen molar-refractivity contribution in [2.45, 2.75) is 56.2 Å². The number of aliphatic hydroxyl groups is 1. The van der Waals surface area contributed by atoms with Gasteiger partial charge in [-0.05, 0) is 62.2 Å². The van der Waals surface area contributed by atoms with Gasteiger partial charge < -0.3 is 19.7 Å². The fourth-order valence-electron chi connectivity index (χ4n) is 6.09. The Labute approximate surface area is 158 Å². The van der Waals surface area contributed by atoms with Crippen molar-refractivity contribution in [3.63, 3.8) is 0 Å². The van der Waals surface area contributed by atoms with Gasteiger partial charge in [0.2, 0.25) is 0 Å². The summed E-state index contributed by atoms with van der Waals surface area (Å²) in [6.07, 6.45) is 2.79. The maximum Gasteiger partial charge on any atom is 0.250 e. The van der Waals surface area contributed by atoms with Gasteiger partial charge in [-0.25, -0.2) is 0 Å². The number of hydrogen-bond acceptors (Lipinski definition) is 4. The van der Waals surface area contributed by atoms with Crippen molar-refractivity contribution in [3.05, 3.63) is 63.1 Å². The number of likely N-dealkylation sites (tertiary alicyclic amines) is 1. The Hall–Kier alpha value is -2.11. The molecule has 5 nitrogen and oxygen atoms in total. The van der Waals surface area contributed by atoms with Crippen molar-refractivity contribution in [2.75, 3.05) is 13.6 Å². The van der Waals surface area contributed by atoms with Crippen LogP contribution in [0.15, 0.2) is 35.1 Å². The van der Waals surface area contributed by atoms with E-state index >= 15 is 0 Å². The van der Waals surface area contributed by atoms with Crippen molar-refractivity contribution in [2.24, 2.45) is 0 Å². The number of aromatic nitrogens is 1. The first-order valence-electron chi connectivity index (χ1n) is 9.86. The lowest BCUT2D eigenvalue weighted by Gasteiger charge is -2.63. The van der Waals surface area contributed by atoms with Crippen LogP contribution in [0.5, 0.6) is 5.75 Å². The van der Waals surface area contributed by atoms with Crippen molar-refractivity contribution in [3.8, 4) is 5.75 Å². The van der Waals surface area contributed by atoms with Gasteiger partial charge in [0.15, 0.2) is 0 Å². The van der Waals surface area contributed by atoms with Gasteiger partial charge in [0.1, 0.15) is 5.75 Å². The summed E-state index contributed by atoms with van der Waals surface area (Å²) in [5.41, 5.74) is 3.07. The van der Waals surface area contributed by atoms with Gasteiger partial charge in [-0.2, -0.15) is 0 Å². The monoisotopic (exact) mass is 366 g/mol. The van der Waals surface area contributed by atoms with Crippen LogP contribution in [-0.4, -0.2) is 44.9 Å². The van der Waals surface area contributed by atoms with Crippen LogP contribution >= 0.6 is 0 Å². The van der Waals surface area contributed by atoms with E-state index in [1.165, 1.54) is 5.56 Å². The fourth-order valence-corrected chi connectivity index (χ4v) is 6.09. The molecule has 1 aromatic carbocycles. The molecular formula is C22H26N2O3. The zero-order valence-electron chi connectivity index (χ0n) is 15.9. The average molecular weight is 366 g/mol. The number of pyridine rings is 1. The predicted octanol–water partition coefficient (Wildman–Crippen LogP) is 1.60. The van der Waals surface area contributed by atoms with Gasteiger partial charge in [0.05, 0.1) is 5.60 Å². The molecule has 2 N–H and O–H groups in total. The quantitative estimate of drug-likeness (QED) is 0.805. The SMILES string of the molecule is CCn1c2c(ccc1=O)C[C@@]1(O)[C@H]3Cc4ccc(O)cc4[C@@]1(CCN3C)C2. The van der Waals surface area contributed by atoms with Crippen LogP contribution in [0.1, 0.15) is 35.7 Å². The first kappa shape index (κ1) is 17.0. The molecule has 1 aromatic heterocycles. The Morgan fingerprint density at radius 1 is 1.19 bits per heavy atom. The van der Waals surface area contributed by atoms with Crippen LogP contribution in [0.25, 0.3) is 0 Å². The van der Waals surface area contributed by atoms with E-state index in [1.54, 1.807) is 12.1 Å². The highest BCUT2D eigenvalue weighted by Gasteiger charge is 2.64. The second-order valence-corrected chi connectivity index (χ2v) is 8.54. The van der Waals surface area contributed by atoms with Crippen molar-refractivity contribution in [1.29, 1.82) is 0 Å². The minimum Gasteiger partial charge on any atom is -0.508 e. The molecule has 2 aliphatic carbocycles. The molecule has 5 rings (SSSR count). The number of fused-ring (bicyclic) bond motifs is 2. The lowest BCUT2D eigenvalue weighted by molar-refractivity contribution is -0.145. The van der Waals surface area contributed by atoms with Gasteiger partial charge in [0.25, 0.3) is 5.56 Å². The Morgan fingerprint density at radius 3 is 2.74 bits per heavy atom. The topological polar surface area (TPSA) is 65.7 Å². The molecule has 3 aliphatic rings. The summed E-state index contributed by atoms with van der Waals surface area (Å²) in [7, 11) is 2.10. The van der Waals surface area contributed by atoms with Gasteiger partial charge in [-0.15, -0.1) is 0 Å². The molecule has 2 heterocycles. The van der Waals surface area contributed by atoms with E-state index in [9.17, 15) is 15.0 Å². The van der Waals surface area contributed by atoms with Crippen LogP contribution in [-0.2, 0) is 31.2 Å². The second kappa shape index (κ2) is 5.46. The highest BCUT2D eigenvalue weighted by Crippen LogP contribution is 2.56. The third-order valence-electron chi connectivity index (χ3n) is 7.46. The van der Waals surface area contributed by atoms with E-state index in [4.69, 9.17) is 0 Å². The summed E-state index contributed by atoms with van der Waals surface area (Å²) in [5, 5.41) is 22.3. The number of piperidine rings is 1. The van der Waals surface area contributed by atoms with Crippen molar-refractivity contribution >= 4 is 0 Å². The summed E-state index contributed by atoms with van der Waals surface area (Å²) in [4.78, 5) is 14.7. The Kier molecular flexibility index (Phi) is 3.44. The molecule has 2 aromatic rings. The van der Waals surface area contributed by atoms with Gasteiger partial charge in [0, 0.05) is 42.6 Å². The molecular weight excluding hydrogens is 340 g/mol. The summed E-state index contributed by atoms with van der Waals surface area (Å²) in [6, 6.07) is 9.18. The largest absolute Gasteiger partial charge is 0.508 e. The molecule has 0 amide bonds. The van der Waals surface area contributed by atoms with Gasteiger partial charge in [-0.1, -0.05) is 12.1 Å². The van der Waals surface area contributed by atoms with E-state index in [2.05, 4.69) is 11.9 Å². The van der Waals surface area contributed by atoms with E-state index in [1.807, 2.05) is 29.7 Å². The van der Waals surface area contributed by atoms with Crippen LogP contribution in [0, 0.1) is 0 Å². The fraction of sp³-hybridized carbons (Fsp3) is 0.500. The highest BCUT2D eigenvalue weighted by molar-refractivity contribution is 5.51. The van der Waals surface area contributed by atoms with Crippen LogP contribution in [0.3, 0.4) is 0 Å². The Balaban J connectivity index is 1.81. The van der Waals surface area contributed by atoms with E-state index in [0.29, 0.717) is 19.4 Å². The van der Waals surface area contributed by atoms with Gasteiger partial charge in [-0.3, -0.25) is 4.79 Å². The van der Waals surface area contributed by atoms with Crippen LogP contribution in [0.2, 0.25) is 0 Å². The Morgan fingerprint density at radius 2 is 1.96 bits per heavy atom. The molecule has 0 spiro atoms. The minimum atomic E-state index is -0.899. The van der Waals surface area contributed by atoms with E-state index in [-0.39, 0.29) is 17.4 Å². The van der Waals surface area contributed by atoms with Crippen LogP contribution in [0.4, 0.5) is 0 Å². The predicted molar refractivity (Wildman–Crippen MR) is 103 cm³/mol. The number of phenolic OH excluding ortho intramolecular Hbond substituents is 1. The molecule has 1 saturated heterocycles. The maximum absolute atomic E-state index is 12.4. The lowest BCUT2D eigenvalue weighted by Crippen LogP contribution is -2.73. The number of nitrogens with zero attached hydrogens (tertiary/aromatic N) is 2. The normalized spacial score (nSPS) is 31.7. The zero-order chi connectivity index (χ0) is 19.0. The first-order valence-corrected chi connectivity index (χ1v) is 9.86. The number of phenols is 1. The number of hydrogen-bond donors (Lipinski definition) is 2. The number of benzene rings is 1. The summed E-state index contributed by atoms with van der Waals surface area (Å²) >= 11 is 0. The van der Waals surface area contributed by atoms with Crippen molar-refractivity contribution < 1.29 is 10.2 Å². The molecule has 3 atom stereocenters. The summed E-state index contributed by atoms with van der Waals surface area (Å²) < 4.78 is 1.86. The number of aromatic hydroxyl groups is 1. The highest BCUT2D eigenvalue weighted by atomic mass is 16.3. The van der Waals surface area contributed by atoms with Crippen molar-refractivity contribution in [1.82, 2.24) is 9.47 Å². The molecule has 1 fully saturated rings. The number of likely N-dealkylation sites (N-methyl/N-ethyl adjacent to an activating group) is 1. The third-order valence-corrected chi connectivity index (χ3v) is 7.46. The lowest BCUT2D eigenvalue weighted by atomic mass is 9.49. The first-order chi connectivity index (χ1) is 12.9. The standard InChI is InChI=1S/C22H26N2O3/c1-3-24-18-13-21-8-9-23(2)19(10-14-4-6-16(25)11-17(14)21)22(21,27)12-15(18)5-7-20(24)26/h4-7,11,19,25,27H,3,8-10,12-13H2,1-2H3/t19-,21-,22-/m1/s1. The number of rotatable bonds is 1. The molecule has 0 radical (unpaired) electrons. The molecule has 1 aliphatic heterocycles. The molecule has 2 bridgehead atoms. The molecule has 142 valence electrons. The Bertz CT molecular complexity index is 998. The molecule has 0 saturated carbocycles. The van der Waals surface area contributed by atoms with E-state index in [0.717, 1.165) is 36.2 Å². The average Bonchev–Trinajstić information content (AvgIpc) is 2.64. The summed E-state index contributed by atoms with van der Waals surface area (Å²) in [6.45, 7) is 3.53. The minimum absolute atomic E-state index is 0.0227. The third kappa shape index (κ3) is 2.04. The van der Waals surface area contributed by atoms with Crippen LogP contribution < -0.4 is 5.56 Å². The van der Waals surface area contributed by atoms with Gasteiger partial charge >= 0.3 is 0 Å². The maximum atomic E-state index is 12.4. The molecule has 0 unspecified atom stereocenters. The molecule has 27 heavy (non-hydrogen) atoms. The zero-order valence-corrected chi connectivity index (χ0v) is 15.9. The summed E-state index contributed by atoms with van der Waals surface area (Å²) in [5.74, 6) is 0.245.